The maximum atomic E-state index is 13.6. The van der Waals surface area contributed by atoms with Crippen LogP contribution in [0.15, 0.2) is 18.2 Å². The molecule has 1 rings (SSSR count). The Hall–Kier alpha value is -1.09. The van der Waals surface area contributed by atoms with E-state index in [-0.39, 0.29) is 5.82 Å². The van der Waals surface area contributed by atoms with Crippen molar-refractivity contribution >= 4 is 0 Å². The molecule has 1 aromatic carbocycles. The van der Waals surface area contributed by atoms with Gasteiger partial charge in [0.15, 0.2) is 11.6 Å². The summed E-state index contributed by atoms with van der Waals surface area (Å²) in [6.07, 6.45) is 2.32. The third kappa shape index (κ3) is 4.73. The molecule has 0 aliphatic carbocycles. The quantitative estimate of drug-likeness (QED) is 0.737. The van der Waals surface area contributed by atoms with Gasteiger partial charge in [0.2, 0.25) is 0 Å². The summed E-state index contributed by atoms with van der Waals surface area (Å²) in [4.78, 5) is 0. The van der Waals surface area contributed by atoms with E-state index in [1.54, 1.807) is 25.1 Å². The minimum atomic E-state index is -0.255. The SMILES string of the molecule is CCCC(C)NCCOc1cccc(C)c1F. The molecule has 96 valence electrons. The Morgan fingerprint density at radius 1 is 1.41 bits per heavy atom. The monoisotopic (exact) mass is 239 g/mol. The normalized spacial score (nSPS) is 12.5. The van der Waals surface area contributed by atoms with Gasteiger partial charge in [0, 0.05) is 12.6 Å². The topological polar surface area (TPSA) is 21.3 Å². The van der Waals surface area contributed by atoms with Gasteiger partial charge in [-0.1, -0.05) is 25.5 Å². The standard InChI is InChI=1S/C14H22FNO/c1-4-6-12(3)16-9-10-17-13-8-5-7-11(2)14(13)15/h5,7-8,12,16H,4,6,9-10H2,1-3H3. The largest absolute Gasteiger partial charge is 0.489 e. The number of rotatable bonds is 7. The highest BCUT2D eigenvalue weighted by Crippen LogP contribution is 2.19. The zero-order valence-corrected chi connectivity index (χ0v) is 10.9. The molecule has 2 nitrogen and oxygen atoms in total. The van der Waals surface area contributed by atoms with Gasteiger partial charge in [-0.2, -0.15) is 0 Å². The fourth-order valence-corrected chi connectivity index (χ4v) is 1.73. The molecule has 17 heavy (non-hydrogen) atoms. The maximum Gasteiger partial charge on any atom is 0.167 e. The number of hydrogen-bond donors (Lipinski definition) is 1. The number of aryl methyl sites for hydroxylation is 1. The van der Waals surface area contributed by atoms with Crippen molar-refractivity contribution < 1.29 is 9.13 Å². The van der Waals surface area contributed by atoms with Crippen LogP contribution in [0.5, 0.6) is 5.75 Å². The van der Waals surface area contributed by atoms with Crippen LogP contribution in [0, 0.1) is 12.7 Å². The number of hydrogen-bond acceptors (Lipinski definition) is 2. The van der Waals surface area contributed by atoms with E-state index in [9.17, 15) is 4.39 Å². The van der Waals surface area contributed by atoms with Crippen molar-refractivity contribution in [3.8, 4) is 5.75 Å². The van der Waals surface area contributed by atoms with E-state index in [0.717, 1.165) is 13.0 Å². The van der Waals surface area contributed by atoms with Gasteiger partial charge >= 0.3 is 0 Å². The molecule has 0 heterocycles. The summed E-state index contributed by atoms with van der Waals surface area (Å²) in [5.74, 6) is 0.0871. The predicted molar refractivity (Wildman–Crippen MR) is 69.0 cm³/mol. The van der Waals surface area contributed by atoms with Crippen LogP contribution in [0.4, 0.5) is 4.39 Å². The van der Waals surface area contributed by atoms with Gasteiger partial charge in [-0.25, -0.2) is 4.39 Å². The molecule has 0 aliphatic rings. The molecule has 0 bridgehead atoms. The van der Waals surface area contributed by atoms with Crippen molar-refractivity contribution in [2.75, 3.05) is 13.2 Å². The van der Waals surface area contributed by atoms with Crippen LogP contribution in [0.3, 0.4) is 0 Å². The second-order valence-corrected chi connectivity index (χ2v) is 4.38. The molecule has 0 amide bonds. The molecule has 3 heteroatoms. The van der Waals surface area contributed by atoms with Crippen LogP contribution in [0.25, 0.3) is 0 Å². The molecule has 1 N–H and O–H groups in total. The Morgan fingerprint density at radius 2 is 2.18 bits per heavy atom. The van der Waals surface area contributed by atoms with Crippen molar-refractivity contribution in [3.05, 3.63) is 29.6 Å². The van der Waals surface area contributed by atoms with Gasteiger partial charge in [-0.15, -0.1) is 0 Å². The first-order valence-electron chi connectivity index (χ1n) is 6.26. The van der Waals surface area contributed by atoms with Gasteiger partial charge in [-0.3, -0.25) is 0 Å². The van der Waals surface area contributed by atoms with E-state index >= 15 is 0 Å². The van der Waals surface area contributed by atoms with Crippen LogP contribution in [-0.4, -0.2) is 19.2 Å². The summed E-state index contributed by atoms with van der Waals surface area (Å²) in [5.41, 5.74) is 0.620. The lowest BCUT2D eigenvalue weighted by Gasteiger charge is -2.13. The Kier molecular flexibility index (Phi) is 5.98. The zero-order chi connectivity index (χ0) is 12.7. The second-order valence-electron chi connectivity index (χ2n) is 4.38. The molecule has 0 saturated carbocycles. The summed E-state index contributed by atoms with van der Waals surface area (Å²) in [6, 6.07) is 5.70. The summed E-state index contributed by atoms with van der Waals surface area (Å²) >= 11 is 0. The first kappa shape index (κ1) is 14.0. The first-order valence-corrected chi connectivity index (χ1v) is 6.26. The first-order chi connectivity index (χ1) is 8.15. The second kappa shape index (κ2) is 7.28. The summed E-state index contributed by atoms with van der Waals surface area (Å²) in [5, 5.41) is 3.34. The molecular formula is C14H22FNO. The molecule has 0 aromatic heterocycles. The summed E-state index contributed by atoms with van der Waals surface area (Å²) < 4.78 is 19.0. The van der Waals surface area contributed by atoms with Crippen molar-refractivity contribution in [3.63, 3.8) is 0 Å². The highest BCUT2D eigenvalue weighted by atomic mass is 19.1. The molecule has 0 saturated heterocycles. The average Bonchev–Trinajstić information content (AvgIpc) is 2.30. The fraction of sp³-hybridized carbons (Fsp3) is 0.571. The van der Waals surface area contributed by atoms with Crippen LogP contribution < -0.4 is 10.1 Å². The molecule has 1 unspecified atom stereocenters. The highest BCUT2D eigenvalue weighted by molar-refractivity contribution is 5.29. The van der Waals surface area contributed by atoms with Gasteiger partial charge in [0.1, 0.15) is 6.61 Å². The van der Waals surface area contributed by atoms with Crippen LogP contribution in [0.2, 0.25) is 0 Å². The minimum absolute atomic E-state index is 0.255. The van der Waals surface area contributed by atoms with Gasteiger partial charge in [-0.05, 0) is 31.9 Å². The lowest BCUT2D eigenvalue weighted by Crippen LogP contribution is -2.30. The van der Waals surface area contributed by atoms with Gasteiger partial charge in [0.05, 0.1) is 0 Å². The Bertz CT molecular complexity index is 341. The number of ether oxygens (including phenoxy) is 1. The Balaban J connectivity index is 2.29. The zero-order valence-electron chi connectivity index (χ0n) is 10.9. The lowest BCUT2D eigenvalue weighted by molar-refractivity contribution is 0.290. The van der Waals surface area contributed by atoms with E-state index in [2.05, 4.69) is 19.2 Å². The van der Waals surface area contributed by atoms with Crippen LogP contribution >= 0.6 is 0 Å². The van der Waals surface area contributed by atoms with Crippen LogP contribution in [-0.2, 0) is 0 Å². The molecule has 1 atom stereocenters. The summed E-state index contributed by atoms with van der Waals surface area (Å²) in [7, 11) is 0. The van der Waals surface area contributed by atoms with E-state index in [1.807, 2.05) is 0 Å². The molecule has 1 aromatic rings. The van der Waals surface area contributed by atoms with Crippen molar-refractivity contribution in [2.45, 2.75) is 39.7 Å². The van der Waals surface area contributed by atoms with Gasteiger partial charge < -0.3 is 10.1 Å². The van der Waals surface area contributed by atoms with E-state index in [4.69, 9.17) is 4.74 Å². The Morgan fingerprint density at radius 3 is 2.88 bits per heavy atom. The minimum Gasteiger partial charge on any atom is -0.489 e. The summed E-state index contributed by atoms with van der Waals surface area (Å²) in [6.45, 7) is 7.29. The molecule has 0 aliphatic heterocycles. The number of halogens is 1. The molecule has 0 radical (unpaired) electrons. The van der Waals surface area contributed by atoms with E-state index in [1.165, 1.54) is 6.42 Å². The molecule has 0 spiro atoms. The van der Waals surface area contributed by atoms with Crippen molar-refractivity contribution in [1.82, 2.24) is 5.32 Å². The van der Waals surface area contributed by atoms with Crippen LogP contribution in [0.1, 0.15) is 32.3 Å². The van der Waals surface area contributed by atoms with Gasteiger partial charge in [0.25, 0.3) is 0 Å². The third-order valence-corrected chi connectivity index (χ3v) is 2.73. The van der Waals surface area contributed by atoms with E-state index in [0.29, 0.717) is 24.0 Å². The maximum absolute atomic E-state index is 13.6. The number of nitrogens with one attached hydrogen (secondary N) is 1. The fourth-order valence-electron chi connectivity index (χ4n) is 1.73. The van der Waals surface area contributed by atoms with Crippen molar-refractivity contribution in [2.24, 2.45) is 0 Å². The lowest BCUT2D eigenvalue weighted by atomic mass is 10.2. The average molecular weight is 239 g/mol. The Labute approximate surface area is 103 Å². The van der Waals surface area contributed by atoms with Crippen molar-refractivity contribution in [1.29, 1.82) is 0 Å². The third-order valence-electron chi connectivity index (χ3n) is 2.73. The molecule has 0 fully saturated rings. The smallest absolute Gasteiger partial charge is 0.167 e. The van der Waals surface area contributed by atoms with E-state index < -0.39 is 0 Å². The number of benzene rings is 1. The predicted octanol–water partition coefficient (Wildman–Crippen LogP) is 3.29. The highest BCUT2D eigenvalue weighted by Gasteiger charge is 2.05. The molecular weight excluding hydrogens is 217 g/mol.